The summed E-state index contributed by atoms with van der Waals surface area (Å²) in [6.45, 7) is 2.06. The van der Waals surface area contributed by atoms with Gasteiger partial charge in [0.05, 0.1) is 30.8 Å². The number of nitrogens with one attached hydrogen (secondary N) is 1. The molecule has 0 atom stereocenters. The molecule has 0 aliphatic carbocycles. The fourth-order valence-electron chi connectivity index (χ4n) is 2.28. The highest BCUT2D eigenvalue weighted by atomic mass is 35.5. The van der Waals surface area contributed by atoms with Crippen LogP contribution < -0.4 is 5.32 Å². The van der Waals surface area contributed by atoms with E-state index in [2.05, 4.69) is 15.5 Å². The molecule has 2 aromatic heterocycles. The minimum atomic E-state index is -0.349. The number of esters is 1. The molecule has 27 heavy (non-hydrogen) atoms. The van der Waals surface area contributed by atoms with E-state index in [1.54, 1.807) is 30.5 Å². The molecule has 0 radical (unpaired) electrons. The van der Waals surface area contributed by atoms with Gasteiger partial charge in [-0.1, -0.05) is 16.8 Å². The van der Waals surface area contributed by atoms with Crippen LogP contribution in [0.25, 0.3) is 11.3 Å². The van der Waals surface area contributed by atoms with Crippen molar-refractivity contribution in [2.45, 2.75) is 19.8 Å². The van der Waals surface area contributed by atoms with Gasteiger partial charge in [-0.05, 0) is 31.2 Å². The second-order valence-electron chi connectivity index (χ2n) is 5.54. The third-order valence-electron chi connectivity index (χ3n) is 3.46. The van der Waals surface area contributed by atoms with E-state index in [-0.39, 0.29) is 24.7 Å². The molecule has 0 fully saturated rings. The van der Waals surface area contributed by atoms with Gasteiger partial charge in [0.1, 0.15) is 0 Å². The number of hydrogen-bond acceptors (Lipinski definition) is 7. The predicted octanol–water partition coefficient (Wildman–Crippen LogP) is 3.74. The van der Waals surface area contributed by atoms with Crippen LogP contribution in [0.1, 0.15) is 18.3 Å². The van der Waals surface area contributed by atoms with Crippen LogP contribution >= 0.6 is 22.9 Å². The summed E-state index contributed by atoms with van der Waals surface area (Å²) in [5.41, 5.74) is 1.88. The summed E-state index contributed by atoms with van der Waals surface area (Å²) < 4.78 is 10.1. The molecule has 140 valence electrons. The number of carbonyl (C=O) groups excluding carboxylic acids is 2. The molecule has 0 spiro atoms. The molecule has 1 amide bonds. The highest BCUT2D eigenvalue weighted by Gasteiger charge is 2.13. The van der Waals surface area contributed by atoms with Crippen LogP contribution in [0.3, 0.4) is 0 Å². The average Bonchev–Trinajstić information content (AvgIpc) is 3.25. The van der Waals surface area contributed by atoms with Gasteiger partial charge in [0.25, 0.3) is 0 Å². The van der Waals surface area contributed by atoms with Gasteiger partial charge < -0.3 is 14.6 Å². The lowest BCUT2D eigenvalue weighted by Crippen LogP contribution is -2.14. The van der Waals surface area contributed by atoms with Crippen LogP contribution in [-0.4, -0.2) is 28.6 Å². The topological polar surface area (TPSA) is 94.3 Å². The Hall–Kier alpha value is -2.71. The van der Waals surface area contributed by atoms with E-state index >= 15 is 0 Å². The zero-order chi connectivity index (χ0) is 19.2. The van der Waals surface area contributed by atoms with E-state index in [9.17, 15) is 9.59 Å². The van der Waals surface area contributed by atoms with Crippen LogP contribution in [0.15, 0.2) is 40.2 Å². The molecule has 0 aliphatic rings. The second kappa shape index (κ2) is 8.79. The molecule has 0 saturated carbocycles. The number of aromatic nitrogens is 2. The van der Waals surface area contributed by atoms with Crippen LogP contribution in [0.2, 0.25) is 5.02 Å². The largest absolute Gasteiger partial charge is 0.466 e. The van der Waals surface area contributed by atoms with E-state index in [4.69, 9.17) is 20.9 Å². The molecule has 3 aromatic rings. The van der Waals surface area contributed by atoms with Crippen molar-refractivity contribution in [1.29, 1.82) is 0 Å². The van der Waals surface area contributed by atoms with Gasteiger partial charge in [-0.25, -0.2) is 4.98 Å². The summed E-state index contributed by atoms with van der Waals surface area (Å²) in [4.78, 5) is 27.8. The molecule has 0 aliphatic heterocycles. The lowest BCUT2D eigenvalue weighted by Gasteiger charge is -1.99. The maximum Gasteiger partial charge on any atom is 0.311 e. The standard InChI is InChI=1S/C18H16ClN3O4S/c1-2-25-17(24)9-14-10-27-18(20-14)21-16(23)8-13-7-15(26-22-13)11-3-5-12(19)6-4-11/h3-7,10H,2,8-9H2,1H3,(H,20,21,23). The SMILES string of the molecule is CCOC(=O)Cc1csc(NC(=O)Cc2cc(-c3ccc(Cl)cc3)on2)n1. The maximum absolute atomic E-state index is 12.2. The van der Waals surface area contributed by atoms with Crippen molar-refractivity contribution in [3.8, 4) is 11.3 Å². The highest BCUT2D eigenvalue weighted by molar-refractivity contribution is 7.13. The molecule has 0 bridgehead atoms. The van der Waals surface area contributed by atoms with E-state index in [1.807, 2.05) is 12.1 Å². The monoisotopic (exact) mass is 405 g/mol. The van der Waals surface area contributed by atoms with Crippen LogP contribution in [0.4, 0.5) is 5.13 Å². The zero-order valence-electron chi connectivity index (χ0n) is 14.4. The number of amides is 1. The number of nitrogens with zero attached hydrogens (tertiary/aromatic N) is 2. The number of ether oxygens (including phenoxy) is 1. The molecular weight excluding hydrogens is 390 g/mol. The van der Waals surface area contributed by atoms with Crippen molar-refractivity contribution in [3.05, 3.63) is 52.1 Å². The normalized spacial score (nSPS) is 10.6. The number of thiazole rings is 1. The smallest absolute Gasteiger partial charge is 0.311 e. The Kier molecular flexibility index (Phi) is 6.20. The summed E-state index contributed by atoms with van der Waals surface area (Å²) in [5, 5.41) is 9.36. The lowest BCUT2D eigenvalue weighted by atomic mass is 10.1. The maximum atomic E-state index is 12.2. The summed E-state index contributed by atoms with van der Waals surface area (Å²) in [6.07, 6.45) is 0.123. The first-order valence-electron chi connectivity index (χ1n) is 8.15. The van der Waals surface area contributed by atoms with Gasteiger partial charge >= 0.3 is 5.97 Å². The number of halogens is 1. The fourth-order valence-corrected chi connectivity index (χ4v) is 3.13. The van der Waals surface area contributed by atoms with Crippen molar-refractivity contribution in [3.63, 3.8) is 0 Å². The Bertz CT molecular complexity index is 936. The summed E-state index contributed by atoms with van der Waals surface area (Å²) >= 11 is 7.11. The summed E-state index contributed by atoms with van der Waals surface area (Å²) in [6, 6.07) is 8.84. The van der Waals surface area contributed by atoms with E-state index in [0.717, 1.165) is 5.56 Å². The number of hydrogen-bond donors (Lipinski definition) is 1. The zero-order valence-corrected chi connectivity index (χ0v) is 16.0. The van der Waals surface area contributed by atoms with Crippen LogP contribution in [-0.2, 0) is 27.2 Å². The van der Waals surface area contributed by atoms with Crippen molar-refractivity contribution >= 4 is 39.9 Å². The Morgan fingerprint density at radius 1 is 1.22 bits per heavy atom. The van der Waals surface area contributed by atoms with E-state index in [0.29, 0.717) is 33.9 Å². The summed E-state index contributed by atoms with van der Waals surface area (Å²) in [7, 11) is 0. The van der Waals surface area contributed by atoms with Crippen molar-refractivity contribution in [1.82, 2.24) is 10.1 Å². The second-order valence-corrected chi connectivity index (χ2v) is 6.83. The molecule has 1 aromatic carbocycles. The van der Waals surface area contributed by atoms with Crippen molar-refractivity contribution in [2.24, 2.45) is 0 Å². The minimum Gasteiger partial charge on any atom is -0.466 e. The molecule has 1 N–H and O–H groups in total. The van der Waals surface area contributed by atoms with Crippen LogP contribution in [0.5, 0.6) is 0 Å². The van der Waals surface area contributed by atoms with Crippen molar-refractivity contribution in [2.75, 3.05) is 11.9 Å². The minimum absolute atomic E-state index is 0.0455. The molecule has 2 heterocycles. The Balaban J connectivity index is 1.56. The third kappa shape index (κ3) is 5.38. The third-order valence-corrected chi connectivity index (χ3v) is 4.52. The molecule has 9 heteroatoms. The molecular formula is C18H16ClN3O4S. The fraction of sp³-hybridized carbons (Fsp3) is 0.222. The van der Waals surface area contributed by atoms with Gasteiger partial charge in [-0.3, -0.25) is 9.59 Å². The quantitative estimate of drug-likeness (QED) is 0.602. The Morgan fingerprint density at radius 3 is 2.74 bits per heavy atom. The van der Waals surface area contributed by atoms with Gasteiger partial charge in [0, 0.05) is 22.0 Å². The predicted molar refractivity (Wildman–Crippen MR) is 102 cm³/mol. The first-order valence-corrected chi connectivity index (χ1v) is 9.40. The molecule has 0 unspecified atom stereocenters. The van der Waals surface area contributed by atoms with Gasteiger partial charge in [-0.15, -0.1) is 11.3 Å². The Morgan fingerprint density at radius 2 is 2.00 bits per heavy atom. The highest BCUT2D eigenvalue weighted by Crippen LogP contribution is 2.23. The lowest BCUT2D eigenvalue weighted by molar-refractivity contribution is -0.142. The van der Waals surface area contributed by atoms with Gasteiger partial charge in [0.2, 0.25) is 5.91 Å². The first kappa shape index (κ1) is 19.1. The first-order chi connectivity index (χ1) is 13.0. The van der Waals surface area contributed by atoms with Gasteiger partial charge in [-0.2, -0.15) is 0 Å². The van der Waals surface area contributed by atoms with Crippen LogP contribution in [0, 0.1) is 0 Å². The number of anilines is 1. The van der Waals surface area contributed by atoms with Crippen molar-refractivity contribution < 1.29 is 18.8 Å². The number of carbonyl (C=O) groups is 2. The average molecular weight is 406 g/mol. The van der Waals surface area contributed by atoms with Gasteiger partial charge in [0.15, 0.2) is 10.9 Å². The summed E-state index contributed by atoms with van der Waals surface area (Å²) in [5.74, 6) is -0.0681. The number of benzene rings is 1. The van der Waals surface area contributed by atoms with E-state index in [1.165, 1.54) is 11.3 Å². The molecule has 3 rings (SSSR count). The Labute approximate surface area is 164 Å². The van der Waals surface area contributed by atoms with E-state index < -0.39 is 0 Å². The number of rotatable bonds is 7. The molecule has 0 saturated heterocycles. The molecule has 7 nitrogen and oxygen atoms in total.